The molecule has 0 aromatic rings. The Morgan fingerprint density at radius 2 is 1.89 bits per heavy atom. The normalized spacial score (nSPS) is 17.8. The van der Waals surface area contributed by atoms with Crippen molar-refractivity contribution in [1.29, 1.82) is 0 Å². The van der Waals surface area contributed by atoms with Gasteiger partial charge in [0.25, 0.3) is 0 Å². The van der Waals surface area contributed by atoms with E-state index in [9.17, 15) is 0 Å². The predicted molar refractivity (Wildman–Crippen MR) is 79.3 cm³/mol. The van der Waals surface area contributed by atoms with E-state index in [4.69, 9.17) is 0 Å². The van der Waals surface area contributed by atoms with Gasteiger partial charge in [-0.15, -0.1) is 17.7 Å². The van der Waals surface area contributed by atoms with Gasteiger partial charge >= 0.3 is 30.2 Å². The standard InChI is InChI=1S/C14H17.2CH3.Si.Zr/c1-3-14(4-2)10-9-13(11-14)12-7-5-6-8-12;;;;/h5-7,9-10H,3-4,8H2,1-2H3;2*1H3;;/q3*-1;;. The first-order valence-electron chi connectivity index (χ1n) is 5.75. The van der Waals surface area contributed by atoms with Gasteiger partial charge in [0.1, 0.15) is 0 Å². The second-order valence-corrected chi connectivity index (χ2v) is 4.06. The molecule has 0 N–H and O–H groups in total. The van der Waals surface area contributed by atoms with Crippen LogP contribution in [0.2, 0.25) is 0 Å². The summed E-state index contributed by atoms with van der Waals surface area (Å²) in [7, 11) is 0. The van der Waals surface area contributed by atoms with Crippen molar-refractivity contribution in [1.82, 2.24) is 0 Å². The molecule has 2 radical (unpaired) electrons. The Morgan fingerprint density at radius 3 is 2.28 bits per heavy atom. The van der Waals surface area contributed by atoms with Gasteiger partial charge in [-0.05, 0) is 0 Å². The topological polar surface area (TPSA) is 0 Å². The van der Waals surface area contributed by atoms with Gasteiger partial charge in [0.05, 0.1) is 0 Å². The van der Waals surface area contributed by atoms with Crippen molar-refractivity contribution in [2.45, 2.75) is 33.1 Å². The molecule has 2 aliphatic rings. The van der Waals surface area contributed by atoms with Crippen LogP contribution in [-0.2, 0) is 23.3 Å². The molecule has 0 heterocycles. The Kier molecular flexibility index (Phi) is 11.2. The van der Waals surface area contributed by atoms with Crippen molar-refractivity contribution in [2.24, 2.45) is 5.41 Å². The van der Waals surface area contributed by atoms with Crippen LogP contribution < -0.4 is 0 Å². The zero-order valence-electron chi connectivity index (χ0n) is 12.0. The first-order chi connectivity index (χ1) is 7.79. The van der Waals surface area contributed by atoms with Gasteiger partial charge in [-0.25, -0.2) is 0 Å². The Bertz CT molecular complexity index is 357. The van der Waals surface area contributed by atoms with E-state index in [-0.39, 0.29) is 20.3 Å². The molecule has 0 aromatic heterocycles. The fraction of sp³-hybridized carbons (Fsp3) is 0.375. The third-order valence-electron chi connectivity index (χ3n) is 3.33. The van der Waals surface area contributed by atoms with Crippen molar-refractivity contribution >= 4 is 6.88 Å². The minimum atomic E-state index is 0. The molecule has 0 atom stereocenters. The van der Waals surface area contributed by atoms with Crippen LogP contribution in [0.3, 0.4) is 0 Å². The van der Waals surface area contributed by atoms with Crippen molar-refractivity contribution in [2.75, 3.05) is 0 Å². The maximum absolute atomic E-state index is 3.64. The van der Waals surface area contributed by atoms with Crippen LogP contribution in [0.4, 0.5) is 0 Å². The van der Waals surface area contributed by atoms with Crippen LogP contribution in [0.5, 0.6) is 0 Å². The Labute approximate surface area is 131 Å². The molecule has 98 valence electrons. The van der Waals surface area contributed by atoms with E-state index < -0.39 is 0 Å². The molecule has 2 heteroatoms. The first-order valence-corrected chi connectivity index (χ1v) is 9.94. The molecular weight excluding hydrogens is 311 g/mol. The van der Waals surface area contributed by atoms with Gasteiger partial charge in [-0.2, -0.15) is 17.7 Å². The summed E-state index contributed by atoms with van der Waals surface area (Å²) in [5.41, 5.74) is 2.96. The molecule has 0 amide bonds. The van der Waals surface area contributed by atoms with Crippen LogP contribution in [0.25, 0.3) is 0 Å². The van der Waals surface area contributed by atoms with Crippen LogP contribution in [0, 0.1) is 26.3 Å². The molecule has 0 fully saturated rings. The minimum absolute atomic E-state index is 0. The zero-order valence-corrected chi connectivity index (χ0v) is 15.5. The van der Waals surface area contributed by atoms with Crippen molar-refractivity contribution in [3.63, 3.8) is 0 Å². The number of allylic oxidation sites excluding steroid dienone is 8. The monoisotopic (exact) mass is 333 g/mol. The summed E-state index contributed by atoms with van der Waals surface area (Å²) in [4.78, 5) is 0. The number of hydrogen-bond acceptors (Lipinski definition) is 0. The molecule has 0 spiro atoms. The Hall–Kier alpha value is 0.0600. The fourth-order valence-electron chi connectivity index (χ4n) is 2.09. The van der Waals surface area contributed by atoms with Crippen molar-refractivity contribution in [3.8, 4) is 0 Å². The first kappa shape index (κ1) is 20.4. The van der Waals surface area contributed by atoms with Gasteiger partial charge in [-0.3, -0.25) is 0 Å². The fourth-order valence-corrected chi connectivity index (χ4v) is 2.09. The summed E-state index contributed by atoms with van der Waals surface area (Å²) < 4.78 is 0. The molecule has 0 bridgehead atoms. The van der Waals surface area contributed by atoms with Crippen LogP contribution in [0.1, 0.15) is 33.1 Å². The van der Waals surface area contributed by atoms with Gasteiger partial charge in [-0.1, -0.05) is 50.7 Å². The van der Waals surface area contributed by atoms with Crippen molar-refractivity contribution < 1.29 is 23.3 Å². The molecule has 2 aliphatic carbocycles. The third kappa shape index (κ3) is 4.63. The number of rotatable bonds is 3. The van der Waals surface area contributed by atoms with E-state index in [0.717, 1.165) is 19.3 Å². The number of hydrogen-bond donors (Lipinski definition) is 0. The van der Waals surface area contributed by atoms with Gasteiger partial charge in [0, 0.05) is 0 Å². The summed E-state index contributed by atoms with van der Waals surface area (Å²) in [6.45, 7) is 7.54. The Morgan fingerprint density at radius 1 is 1.28 bits per heavy atom. The van der Waals surface area contributed by atoms with Crippen molar-refractivity contribution in [3.05, 3.63) is 62.5 Å². The summed E-state index contributed by atoms with van der Waals surface area (Å²) >= 11 is 1.36. The molecule has 0 saturated heterocycles. The van der Waals surface area contributed by atoms with Gasteiger partial charge < -0.3 is 14.9 Å². The van der Waals surface area contributed by atoms with E-state index in [0.29, 0.717) is 0 Å². The van der Waals surface area contributed by atoms with Crippen LogP contribution in [-0.4, -0.2) is 6.88 Å². The molecule has 0 saturated carbocycles. The zero-order chi connectivity index (χ0) is 12.0. The van der Waals surface area contributed by atoms with E-state index in [1.165, 1.54) is 34.5 Å². The molecular formula is C16H23SiZr-3. The molecule has 0 aromatic carbocycles. The van der Waals surface area contributed by atoms with Gasteiger partial charge in [0.2, 0.25) is 0 Å². The van der Waals surface area contributed by atoms with E-state index in [1.807, 2.05) is 0 Å². The summed E-state index contributed by atoms with van der Waals surface area (Å²) in [6.07, 6.45) is 18.1. The SMILES string of the molecule is CCC1(CC)[C-]=C(C2=CC=CC2)C=C1.[CH3-].[CH3-].[Si]=[Zr]. The quantitative estimate of drug-likeness (QED) is 0.527. The second kappa shape index (κ2) is 9.92. The molecule has 2 rings (SSSR count). The average Bonchev–Trinajstić information content (AvgIpc) is 3.01. The molecule has 0 nitrogen and oxygen atoms in total. The maximum atomic E-state index is 3.64. The second-order valence-electron chi connectivity index (χ2n) is 4.06. The molecule has 0 unspecified atom stereocenters. The average molecular weight is 335 g/mol. The molecule has 18 heavy (non-hydrogen) atoms. The summed E-state index contributed by atoms with van der Waals surface area (Å²) in [5, 5.41) is 0. The Balaban J connectivity index is 0. The van der Waals surface area contributed by atoms with E-state index in [1.54, 1.807) is 0 Å². The summed E-state index contributed by atoms with van der Waals surface area (Å²) in [6, 6.07) is 0. The molecule has 0 aliphatic heterocycles. The van der Waals surface area contributed by atoms with Gasteiger partial charge in [0.15, 0.2) is 0 Å². The van der Waals surface area contributed by atoms with Crippen LogP contribution >= 0.6 is 0 Å². The summed E-state index contributed by atoms with van der Waals surface area (Å²) in [5.74, 6) is 0. The van der Waals surface area contributed by atoms with Crippen LogP contribution in [0.15, 0.2) is 41.5 Å². The predicted octanol–water partition coefficient (Wildman–Crippen LogP) is 4.50. The van der Waals surface area contributed by atoms with E-state index in [2.05, 4.69) is 57.2 Å². The third-order valence-corrected chi connectivity index (χ3v) is 3.33. The van der Waals surface area contributed by atoms with E-state index >= 15 is 0 Å².